The lowest BCUT2D eigenvalue weighted by atomic mass is 10.0. The Balaban J connectivity index is 1.44. The van der Waals surface area contributed by atoms with Gasteiger partial charge in [0.1, 0.15) is 10.1 Å². The fraction of sp³-hybridized carbons (Fsp3) is 0.391. The average Bonchev–Trinajstić information content (AvgIpc) is 3.43. The quantitative estimate of drug-likeness (QED) is 0.479. The van der Waals surface area contributed by atoms with Crippen molar-refractivity contribution in [1.82, 2.24) is 14.8 Å². The number of amides is 1. The van der Waals surface area contributed by atoms with Crippen LogP contribution in [0.25, 0.3) is 0 Å². The highest BCUT2D eigenvalue weighted by Crippen LogP contribution is 2.27. The van der Waals surface area contributed by atoms with Gasteiger partial charge < -0.3 is 14.2 Å². The van der Waals surface area contributed by atoms with E-state index in [1.165, 1.54) is 5.56 Å². The number of rotatable bonds is 7. The molecule has 3 heterocycles. The number of hydrogen-bond acceptors (Lipinski definition) is 6. The molecule has 2 aromatic heterocycles. The molecule has 1 aliphatic rings. The first-order chi connectivity index (χ1) is 14.6. The minimum Gasteiger partial charge on any atom is -0.467 e. The second-order valence-corrected chi connectivity index (χ2v) is 9.87. The molecule has 0 radical (unpaired) electrons. The first kappa shape index (κ1) is 21.2. The van der Waals surface area contributed by atoms with Gasteiger partial charge in [0.2, 0.25) is 0 Å². The molecule has 7 heteroatoms. The summed E-state index contributed by atoms with van der Waals surface area (Å²) in [5, 5.41) is 2.07. The van der Waals surface area contributed by atoms with Crippen LogP contribution in [0.1, 0.15) is 40.2 Å². The molecule has 3 aromatic rings. The van der Waals surface area contributed by atoms with E-state index in [-0.39, 0.29) is 11.9 Å². The van der Waals surface area contributed by atoms with Gasteiger partial charge in [-0.2, -0.15) is 0 Å². The number of aromatic nitrogens is 1. The Morgan fingerprint density at radius 2 is 2.03 bits per heavy atom. The van der Waals surface area contributed by atoms with Crippen molar-refractivity contribution >= 4 is 29.0 Å². The van der Waals surface area contributed by atoms with Crippen LogP contribution in [0.2, 0.25) is 0 Å². The van der Waals surface area contributed by atoms with Crippen LogP contribution in [0.5, 0.6) is 0 Å². The van der Waals surface area contributed by atoms with Crippen molar-refractivity contribution in [2.75, 3.05) is 20.1 Å². The molecule has 1 aliphatic heterocycles. The van der Waals surface area contributed by atoms with Gasteiger partial charge in [0, 0.05) is 28.4 Å². The van der Waals surface area contributed by atoms with E-state index in [0.717, 1.165) is 53.0 Å². The van der Waals surface area contributed by atoms with Crippen molar-refractivity contribution in [1.29, 1.82) is 0 Å². The summed E-state index contributed by atoms with van der Waals surface area (Å²) in [5.74, 6) is 1.76. The molecule has 1 aromatic carbocycles. The summed E-state index contributed by atoms with van der Waals surface area (Å²) in [5.41, 5.74) is 3.00. The molecule has 30 heavy (non-hydrogen) atoms. The van der Waals surface area contributed by atoms with E-state index >= 15 is 0 Å². The summed E-state index contributed by atoms with van der Waals surface area (Å²) in [6, 6.07) is 12.1. The predicted molar refractivity (Wildman–Crippen MR) is 122 cm³/mol. The average molecular weight is 442 g/mol. The van der Waals surface area contributed by atoms with E-state index in [1.807, 2.05) is 36.1 Å². The Hall–Kier alpha value is -2.09. The lowest BCUT2D eigenvalue weighted by Crippen LogP contribution is -2.46. The maximum absolute atomic E-state index is 13.4. The molecule has 0 unspecified atom stereocenters. The third-order valence-electron chi connectivity index (χ3n) is 5.46. The largest absolute Gasteiger partial charge is 0.467 e. The number of thiazole rings is 1. The van der Waals surface area contributed by atoms with Gasteiger partial charge in [-0.25, -0.2) is 4.98 Å². The second-order valence-electron chi connectivity index (χ2n) is 7.79. The van der Waals surface area contributed by atoms with Crippen molar-refractivity contribution in [2.24, 2.45) is 0 Å². The summed E-state index contributed by atoms with van der Waals surface area (Å²) in [7, 11) is 2.14. The lowest BCUT2D eigenvalue weighted by Gasteiger charge is -2.37. The van der Waals surface area contributed by atoms with Crippen LogP contribution in [0.3, 0.4) is 0 Å². The number of piperidine rings is 1. The number of likely N-dealkylation sites (tertiary alicyclic amines) is 1. The molecule has 1 amide bonds. The molecule has 0 atom stereocenters. The topological polar surface area (TPSA) is 49.6 Å². The van der Waals surface area contributed by atoms with E-state index in [4.69, 9.17) is 4.42 Å². The van der Waals surface area contributed by atoms with E-state index in [1.54, 1.807) is 29.4 Å². The van der Waals surface area contributed by atoms with Crippen molar-refractivity contribution in [2.45, 2.75) is 42.4 Å². The molecular formula is C23H27N3O2S2. The zero-order valence-electron chi connectivity index (χ0n) is 17.4. The normalized spacial score (nSPS) is 15.4. The SMILES string of the molecule is Cc1csc(SCc2ccc(C(=O)N(Cc3ccco3)C3CCN(C)CC3)cc2)n1. The van der Waals surface area contributed by atoms with Gasteiger partial charge in [0.15, 0.2) is 0 Å². The van der Waals surface area contributed by atoms with E-state index in [0.29, 0.717) is 6.54 Å². The van der Waals surface area contributed by atoms with Crippen LogP contribution in [-0.4, -0.2) is 46.9 Å². The first-order valence-electron chi connectivity index (χ1n) is 10.2. The molecule has 4 rings (SSSR count). The van der Waals surface area contributed by atoms with Crippen LogP contribution in [0.4, 0.5) is 0 Å². The van der Waals surface area contributed by atoms with Crippen molar-refractivity contribution < 1.29 is 9.21 Å². The zero-order chi connectivity index (χ0) is 20.9. The molecule has 0 aliphatic carbocycles. The fourth-order valence-corrected chi connectivity index (χ4v) is 5.50. The van der Waals surface area contributed by atoms with Gasteiger partial charge in [0.25, 0.3) is 5.91 Å². The number of nitrogens with zero attached hydrogens (tertiary/aromatic N) is 3. The van der Waals surface area contributed by atoms with Gasteiger partial charge in [-0.3, -0.25) is 4.79 Å². The fourth-order valence-electron chi connectivity index (χ4n) is 3.70. The Kier molecular flexibility index (Phi) is 6.92. The van der Waals surface area contributed by atoms with Crippen LogP contribution < -0.4 is 0 Å². The van der Waals surface area contributed by atoms with Gasteiger partial charge in [-0.05, 0) is 69.7 Å². The predicted octanol–water partition coefficient (Wildman–Crippen LogP) is 5.07. The van der Waals surface area contributed by atoms with Gasteiger partial charge >= 0.3 is 0 Å². The molecule has 0 bridgehead atoms. The highest BCUT2D eigenvalue weighted by Gasteiger charge is 2.28. The standard InChI is InChI=1S/C23H27N3O2S2/c1-17-15-29-23(24-17)30-16-18-5-7-19(8-6-18)22(27)26(14-21-4-3-13-28-21)20-9-11-25(2)12-10-20/h3-8,13,15,20H,9-12,14,16H2,1-2H3. The Morgan fingerprint density at radius 1 is 1.27 bits per heavy atom. The first-order valence-corrected chi connectivity index (χ1v) is 12.1. The van der Waals surface area contributed by atoms with E-state index in [2.05, 4.69) is 34.4 Å². The maximum Gasteiger partial charge on any atom is 0.254 e. The van der Waals surface area contributed by atoms with Gasteiger partial charge in [0.05, 0.1) is 12.8 Å². The summed E-state index contributed by atoms with van der Waals surface area (Å²) in [6.45, 7) is 4.55. The highest BCUT2D eigenvalue weighted by molar-refractivity contribution is 8.00. The Morgan fingerprint density at radius 3 is 2.67 bits per heavy atom. The van der Waals surface area contributed by atoms with Crippen molar-refractivity contribution in [3.63, 3.8) is 0 Å². The molecule has 0 spiro atoms. The summed E-state index contributed by atoms with van der Waals surface area (Å²) >= 11 is 3.41. The maximum atomic E-state index is 13.4. The smallest absolute Gasteiger partial charge is 0.254 e. The summed E-state index contributed by atoms with van der Waals surface area (Å²) in [4.78, 5) is 22.2. The van der Waals surface area contributed by atoms with E-state index < -0.39 is 0 Å². The van der Waals surface area contributed by atoms with Crippen molar-refractivity contribution in [3.8, 4) is 0 Å². The number of benzene rings is 1. The monoisotopic (exact) mass is 441 g/mol. The molecule has 5 nitrogen and oxygen atoms in total. The molecular weight excluding hydrogens is 414 g/mol. The number of furan rings is 1. The molecule has 0 saturated carbocycles. The van der Waals surface area contributed by atoms with Crippen LogP contribution in [0.15, 0.2) is 56.8 Å². The van der Waals surface area contributed by atoms with Crippen molar-refractivity contribution in [3.05, 3.63) is 70.6 Å². The van der Waals surface area contributed by atoms with Crippen LogP contribution in [0, 0.1) is 6.92 Å². The van der Waals surface area contributed by atoms with E-state index in [9.17, 15) is 4.79 Å². The number of carbonyl (C=O) groups is 1. The number of aryl methyl sites for hydroxylation is 1. The molecule has 158 valence electrons. The number of hydrogen-bond donors (Lipinski definition) is 0. The molecule has 1 fully saturated rings. The second kappa shape index (κ2) is 9.81. The molecule has 0 N–H and O–H groups in total. The minimum atomic E-state index is 0.0794. The van der Waals surface area contributed by atoms with Gasteiger partial charge in [-0.1, -0.05) is 23.9 Å². The highest BCUT2D eigenvalue weighted by atomic mass is 32.2. The zero-order valence-corrected chi connectivity index (χ0v) is 19.0. The van der Waals surface area contributed by atoms with Gasteiger partial charge in [-0.15, -0.1) is 11.3 Å². The number of thioether (sulfide) groups is 1. The summed E-state index contributed by atoms with van der Waals surface area (Å²) in [6.07, 6.45) is 3.65. The van der Waals surface area contributed by atoms with Crippen LogP contribution >= 0.6 is 23.1 Å². The van der Waals surface area contributed by atoms with Crippen LogP contribution in [-0.2, 0) is 12.3 Å². The third kappa shape index (κ3) is 5.33. The Bertz CT molecular complexity index is 945. The minimum absolute atomic E-state index is 0.0794. The number of carbonyl (C=O) groups excluding carboxylic acids is 1. The summed E-state index contributed by atoms with van der Waals surface area (Å²) < 4.78 is 6.63. The lowest BCUT2D eigenvalue weighted by molar-refractivity contribution is 0.0550. The Labute approximate surface area is 186 Å². The third-order valence-corrected chi connectivity index (χ3v) is 7.67. The molecule has 1 saturated heterocycles.